The second-order valence-electron chi connectivity index (χ2n) is 5.58. The molecule has 6 heteroatoms. The number of carboxylic acid groups (broad SMARTS) is 1. The van der Waals surface area contributed by atoms with Gasteiger partial charge in [0.05, 0.1) is 10.6 Å². The van der Waals surface area contributed by atoms with Gasteiger partial charge < -0.3 is 10.4 Å². The van der Waals surface area contributed by atoms with E-state index in [1.165, 1.54) is 17.4 Å². The second-order valence-corrected chi connectivity index (χ2v) is 6.66. The topological polar surface area (TPSA) is 75.1 Å². The number of anilines is 2. The molecule has 0 radical (unpaired) electrons. The van der Waals surface area contributed by atoms with Crippen molar-refractivity contribution in [3.63, 3.8) is 0 Å². The maximum absolute atomic E-state index is 10.8. The Morgan fingerprint density at radius 1 is 1.20 bits per heavy atom. The third-order valence-corrected chi connectivity index (χ3v) is 4.75. The van der Waals surface area contributed by atoms with E-state index in [1.807, 2.05) is 49.4 Å². The molecule has 2 N–H and O–H groups in total. The molecule has 0 bridgehead atoms. The average Bonchev–Trinajstić information content (AvgIpc) is 3.05. The number of pyridine rings is 2. The fourth-order valence-corrected chi connectivity index (χ4v) is 3.27. The molecule has 0 saturated heterocycles. The second kappa shape index (κ2) is 7.27. The molecule has 3 rings (SSSR count). The van der Waals surface area contributed by atoms with Crippen molar-refractivity contribution in [2.24, 2.45) is 0 Å². The van der Waals surface area contributed by atoms with Gasteiger partial charge >= 0.3 is 5.97 Å². The van der Waals surface area contributed by atoms with Crippen molar-refractivity contribution >= 4 is 34.5 Å². The van der Waals surface area contributed by atoms with Crippen molar-refractivity contribution in [3.05, 3.63) is 65.2 Å². The molecule has 0 unspecified atom stereocenters. The van der Waals surface area contributed by atoms with Crippen molar-refractivity contribution in [1.82, 2.24) is 9.97 Å². The number of thiophene rings is 1. The molecule has 3 aromatic heterocycles. The van der Waals surface area contributed by atoms with Crippen molar-refractivity contribution < 1.29 is 9.90 Å². The lowest BCUT2D eigenvalue weighted by atomic mass is 10.2. The first-order valence-electron chi connectivity index (χ1n) is 7.70. The van der Waals surface area contributed by atoms with Crippen molar-refractivity contribution in [2.75, 3.05) is 5.32 Å². The maximum atomic E-state index is 10.8. The standard InChI is InChI=1S/C19H17N3O2S/c1-12-8-9-20-18(10-12)22-17-5-3-4-14(21-17)16-7-6-15(25-16)13(2)11-19(23)24/h3-11H,1-2H3,(H,23,24)(H,20,21,22)/b13-11+. The summed E-state index contributed by atoms with van der Waals surface area (Å²) in [4.78, 5) is 21.6. The number of allylic oxidation sites excluding steroid dienone is 1. The molecule has 3 aromatic rings. The average molecular weight is 351 g/mol. The minimum Gasteiger partial charge on any atom is -0.478 e. The number of aliphatic carboxylic acids is 1. The highest BCUT2D eigenvalue weighted by Crippen LogP contribution is 2.31. The lowest BCUT2D eigenvalue weighted by Gasteiger charge is -2.06. The maximum Gasteiger partial charge on any atom is 0.328 e. The number of aromatic nitrogens is 2. The van der Waals surface area contributed by atoms with Gasteiger partial charge in [-0.05, 0) is 61.4 Å². The number of aryl methyl sites for hydroxylation is 1. The number of hydrogen-bond donors (Lipinski definition) is 2. The Hall–Kier alpha value is -2.99. The predicted molar refractivity (Wildman–Crippen MR) is 101 cm³/mol. The largest absolute Gasteiger partial charge is 0.478 e. The van der Waals surface area contributed by atoms with Gasteiger partial charge in [0.15, 0.2) is 0 Å². The molecular weight excluding hydrogens is 334 g/mol. The molecule has 0 amide bonds. The van der Waals surface area contributed by atoms with Crippen LogP contribution in [0.1, 0.15) is 17.4 Å². The van der Waals surface area contributed by atoms with Crippen LogP contribution in [0.15, 0.2) is 54.7 Å². The van der Waals surface area contributed by atoms with Crippen LogP contribution >= 0.6 is 11.3 Å². The Bertz CT molecular complexity index is 947. The van der Waals surface area contributed by atoms with E-state index >= 15 is 0 Å². The molecule has 0 aliphatic rings. The summed E-state index contributed by atoms with van der Waals surface area (Å²) in [7, 11) is 0. The quantitative estimate of drug-likeness (QED) is 0.649. The monoisotopic (exact) mass is 351 g/mol. The van der Waals surface area contributed by atoms with Crippen LogP contribution in [-0.4, -0.2) is 21.0 Å². The summed E-state index contributed by atoms with van der Waals surface area (Å²) >= 11 is 1.52. The Balaban J connectivity index is 1.84. The zero-order chi connectivity index (χ0) is 17.8. The Labute approximate surface area is 149 Å². The zero-order valence-corrected chi connectivity index (χ0v) is 14.7. The van der Waals surface area contributed by atoms with Crippen LogP contribution in [0.4, 0.5) is 11.6 Å². The van der Waals surface area contributed by atoms with Gasteiger partial charge in [-0.15, -0.1) is 11.3 Å². The van der Waals surface area contributed by atoms with Crippen LogP contribution in [0.25, 0.3) is 16.1 Å². The molecule has 0 spiro atoms. The molecule has 0 aromatic carbocycles. The molecule has 0 aliphatic heterocycles. The van der Waals surface area contributed by atoms with E-state index in [1.54, 1.807) is 13.1 Å². The molecule has 5 nitrogen and oxygen atoms in total. The zero-order valence-electron chi connectivity index (χ0n) is 13.9. The summed E-state index contributed by atoms with van der Waals surface area (Å²) < 4.78 is 0. The van der Waals surface area contributed by atoms with Gasteiger partial charge in [-0.1, -0.05) is 6.07 Å². The van der Waals surface area contributed by atoms with Gasteiger partial charge in [0.25, 0.3) is 0 Å². The fourth-order valence-electron chi connectivity index (χ4n) is 2.32. The molecular formula is C19H17N3O2S. The first-order valence-corrected chi connectivity index (χ1v) is 8.51. The third kappa shape index (κ3) is 4.30. The number of nitrogens with one attached hydrogen (secondary N) is 1. The van der Waals surface area contributed by atoms with Crippen LogP contribution in [0.5, 0.6) is 0 Å². The lowest BCUT2D eigenvalue weighted by Crippen LogP contribution is -1.96. The van der Waals surface area contributed by atoms with Gasteiger partial charge in [0, 0.05) is 17.2 Å². The summed E-state index contributed by atoms with van der Waals surface area (Å²) in [6.45, 7) is 3.80. The van der Waals surface area contributed by atoms with E-state index in [-0.39, 0.29) is 0 Å². The molecule has 25 heavy (non-hydrogen) atoms. The van der Waals surface area contributed by atoms with Crippen molar-refractivity contribution in [1.29, 1.82) is 0 Å². The van der Waals surface area contributed by atoms with E-state index in [0.29, 0.717) is 5.82 Å². The number of hydrogen-bond acceptors (Lipinski definition) is 5. The van der Waals surface area contributed by atoms with E-state index < -0.39 is 5.97 Å². The number of nitrogens with zero attached hydrogens (tertiary/aromatic N) is 2. The van der Waals surface area contributed by atoms with Gasteiger partial charge in [-0.3, -0.25) is 0 Å². The van der Waals surface area contributed by atoms with Crippen LogP contribution in [0.3, 0.4) is 0 Å². The molecule has 126 valence electrons. The Kier molecular flexibility index (Phi) is 4.90. The highest BCUT2D eigenvalue weighted by molar-refractivity contribution is 7.16. The number of carboxylic acids is 1. The van der Waals surface area contributed by atoms with Gasteiger partial charge in [-0.2, -0.15) is 0 Å². The highest BCUT2D eigenvalue weighted by Gasteiger charge is 2.08. The molecule has 0 atom stereocenters. The number of carbonyl (C=O) groups is 1. The smallest absolute Gasteiger partial charge is 0.328 e. The van der Waals surface area contributed by atoms with Gasteiger partial charge in [0.2, 0.25) is 0 Å². The van der Waals surface area contributed by atoms with E-state index in [2.05, 4.69) is 15.3 Å². The Morgan fingerprint density at radius 3 is 2.80 bits per heavy atom. The summed E-state index contributed by atoms with van der Waals surface area (Å²) in [5.74, 6) is 0.516. The molecule has 0 aliphatic carbocycles. The predicted octanol–water partition coefficient (Wildman–Crippen LogP) is 4.75. The summed E-state index contributed by atoms with van der Waals surface area (Å²) in [5.41, 5.74) is 2.68. The minimum atomic E-state index is -0.942. The van der Waals surface area contributed by atoms with Gasteiger partial charge in [-0.25, -0.2) is 14.8 Å². The number of rotatable bonds is 5. The van der Waals surface area contributed by atoms with Crippen molar-refractivity contribution in [3.8, 4) is 10.6 Å². The lowest BCUT2D eigenvalue weighted by molar-refractivity contribution is -0.131. The SMILES string of the molecule is C/C(=C\C(=O)O)c1ccc(-c2cccc(Nc3cc(C)ccn3)n2)s1. The normalized spacial score (nSPS) is 11.4. The van der Waals surface area contributed by atoms with Crippen LogP contribution in [0.2, 0.25) is 0 Å². The minimum absolute atomic E-state index is 0.711. The van der Waals surface area contributed by atoms with E-state index in [9.17, 15) is 4.79 Å². The Morgan fingerprint density at radius 2 is 2.04 bits per heavy atom. The summed E-state index contributed by atoms with van der Waals surface area (Å²) in [6, 6.07) is 13.5. The van der Waals surface area contributed by atoms with Crippen LogP contribution in [0, 0.1) is 6.92 Å². The first kappa shape index (κ1) is 16.9. The molecule has 3 heterocycles. The summed E-state index contributed by atoms with van der Waals surface area (Å²) in [5, 5.41) is 12.1. The van der Waals surface area contributed by atoms with Gasteiger partial charge in [0.1, 0.15) is 11.6 Å². The highest BCUT2D eigenvalue weighted by atomic mass is 32.1. The summed E-state index contributed by atoms with van der Waals surface area (Å²) in [6.07, 6.45) is 2.97. The third-order valence-electron chi connectivity index (χ3n) is 3.51. The fraction of sp³-hybridized carbons (Fsp3) is 0.105. The van der Waals surface area contributed by atoms with E-state index in [4.69, 9.17) is 5.11 Å². The van der Waals surface area contributed by atoms with E-state index in [0.717, 1.165) is 32.4 Å². The van der Waals surface area contributed by atoms with Crippen LogP contribution in [-0.2, 0) is 4.79 Å². The molecule has 0 saturated carbocycles. The first-order chi connectivity index (χ1) is 12.0. The van der Waals surface area contributed by atoms with Crippen molar-refractivity contribution in [2.45, 2.75) is 13.8 Å². The molecule has 0 fully saturated rings. The van der Waals surface area contributed by atoms with Crippen LogP contribution < -0.4 is 5.32 Å².